The van der Waals surface area contributed by atoms with Gasteiger partial charge in [-0.25, -0.2) is 5.43 Å². The summed E-state index contributed by atoms with van der Waals surface area (Å²) in [6, 6.07) is 3.93. The summed E-state index contributed by atoms with van der Waals surface area (Å²) in [5.41, 5.74) is 2.58. The van der Waals surface area contributed by atoms with Crippen molar-refractivity contribution in [3.8, 4) is 0 Å². The third kappa shape index (κ3) is 4.28. The highest BCUT2D eigenvalue weighted by molar-refractivity contribution is 7.11. The molecule has 2 N–H and O–H groups in total. The van der Waals surface area contributed by atoms with Crippen LogP contribution in [0.3, 0.4) is 0 Å². The predicted molar refractivity (Wildman–Crippen MR) is 69.5 cm³/mol. The summed E-state index contributed by atoms with van der Waals surface area (Å²) < 4.78 is 0. The fourth-order valence-corrected chi connectivity index (χ4v) is 2.61. The number of hydrogen-bond acceptors (Lipinski definition) is 3. The maximum absolute atomic E-state index is 11.6. The maximum Gasteiger partial charge on any atom is 0.295 e. The number of hydrogen-bond donors (Lipinski definition) is 2. The Morgan fingerprint density at radius 1 is 1.47 bits per heavy atom. The summed E-state index contributed by atoms with van der Waals surface area (Å²) in [6.07, 6.45) is 5.47. The Balaban J connectivity index is 1.70. The van der Waals surface area contributed by atoms with Gasteiger partial charge >= 0.3 is 0 Å². The summed E-state index contributed by atoms with van der Waals surface area (Å²) in [5, 5.41) is 5.94. The molecule has 0 aromatic carbocycles. The van der Waals surface area contributed by atoms with Crippen LogP contribution >= 0.6 is 11.3 Å². The number of nitrogens with zero attached hydrogens (tertiary/aromatic N) is 1. The van der Waals surface area contributed by atoms with Gasteiger partial charge in [-0.15, -0.1) is 11.3 Å². The maximum atomic E-state index is 11.6. The van der Waals surface area contributed by atoms with Gasteiger partial charge in [-0.05, 0) is 30.7 Å². The molecule has 0 atom stereocenters. The van der Waals surface area contributed by atoms with Gasteiger partial charge in [0.25, 0.3) is 5.91 Å². The minimum absolute atomic E-state index is 0.00899. The van der Waals surface area contributed by atoms with E-state index >= 15 is 0 Å². The molecule has 1 aliphatic heterocycles. The summed E-state index contributed by atoms with van der Waals surface area (Å²) in [7, 11) is 0. The molecule has 1 amide bonds. The third-order valence-electron chi connectivity index (χ3n) is 2.90. The molecule has 1 aliphatic rings. The molecule has 1 aromatic heterocycles. The molecule has 1 saturated heterocycles. The molecule has 0 radical (unpaired) electrons. The number of amides is 1. The molecule has 0 spiro atoms. The Kier molecular flexibility index (Phi) is 4.70. The molecule has 0 bridgehead atoms. The fourth-order valence-electron chi connectivity index (χ4n) is 2.03. The summed E-state index contributed by atoms with van der Waals surface area (Å²) in [4.78, 5) is 14.0. The van der Waals surface area contributed by atoms with Gasteiger partial charge in [-0.2, -0.15) is 5.10 Å². The second-order valence-corrected chi connectivity index (χ2v) is 5.28. The SMILES string of the molecule is O=C(C[NH+]1CCCCC1)NN=Cc1cccs1. The molecule has 0 saturated carbocycles. The van der Waals surface area contributed by atoms with E-state index in [9.17, 15) is 4.79 Å². The Morgan fingerprint density at radius 3 is 3.00 bits per heavy atom. The predicted octanol–water partition coefficient (Wildman–Crippen LogP) is 0.267. The normalized spacial score (nSPS) is 17.4. The third-order valence-corrected chi connectivity index (χ3v) is 3.70. The van der Waals surface area contributed by atoms with Gasteiger partial charge in [-0.1, -0.05) is 6.07 Å². The first-order valence-corrected chi connectivity index (χ1v) is 6.91. The van der Waals surface area contributed by atoms with E-state index in [-0.39, 0.29) is 5.91 Å². The first-order valence-electron chi connectivity index (χ1n) is 6.03. The van der Waals surface area contributed by atoms with Crippen LogP contribution in [0, 0.1) is 0 Å². The molecule has 2 rings (SSSR count). The number of thiophene rings is 1. The van der Waals surface area contributed by atoms with Gasteiger partial charge < -0.3 is 4.90 Å². The van der Waals surface area contributed by atoms with Crippen LogP contribution in [0.25, 0.3) is 0 Å². The van der Waals surface area contributed by atoms with Crippen molar-refractivity contribution in [3.63, 3.8) is 0 Å². The van der Waals surface area contributed by atoms with Crippen LogP contribution in [-0.2, 0) is 4.79 Å². The van der Waals surface area contributed by atoms with Gasteiger partial charge in [0.15, 0.2) is 6.54 Å². The molecule has 1 fully saturated rings. The molecule has 0 unspecified atom stereocenters. The second kappa shape index (κ2) is 6.51. The zero-order valence-electron chi connectivity index (χ0n) is 9.82. The minimum Gasteiger partial charge on any atom is -0.327 e. The van der Waals surface area contributed by atoms with Crippen molar-refractivity contribution in [2.45, 2.75) is 19.3 Å². The highest BCUT2D eigenvalue weighted by Crippen LogP contribution is 2.03. The van der Waals surface area contributed by atoms with Crippen molar-refractivity contribution in [1.29, 1.82) is 0 Å². The first-order chi connectivity index (χ1) is 8.34. The van der Waals surface area contributed by atoms with Crippen LogP contribution in [-0.4, -0.2) is 31.8 Å². The zero-order chi connectivity index (χ0) is 11.9. The van der Waals surface area contributed by atoms with Crippen molar-refractivity contribution >= 4 is 23.5 Å². The number of piperidine rings is 1. The van der Waals surface area contributed by atoms with Crippen LogP contribution in [0.4, 0.5) is 0 Å². The Hall–Kier alpha value is -1.20. The van der Waals surface area contributed by atoms with Gasteiger partial charge in [-0.3, -0.25) is 4.79 Å². The van der Waals surface area contributed by atoms with Gasteiger partial charge in [0.2, 0.25) is 0 Å². The largest absolute Gasteiger partial charge is 0.327 e. The average molecular weight is 252 g/mol. The van der Waals surface area contributed by atoms with Gasteiger partial charge in [0, 0.05) is 4.88 Å². The first kappa shape index (κ1) is 12.3. The number of hydrazone groups is 1. The molecule has 2 heterocycles. The summed E-state index contributed by atoms with van der Waals surface area (Å²) in [6.45, 7) is 2.77. The van der Waals surface area contributed by atoms with E-state index < -0.39 is 0 Å². The molecule has 17 heavy (non-hydrogen) atoms. The van der Waals surface area contributed by atoms with E-state index in [1.54, 1.807) is 17.6 Å². The molecule has 0 aliphatic carbocycles. The van der Waals surface area contributed by atoms with E-state index in [1.165, 1.54) is 24.2 Å². The highest BCUT2D eigenvalue weighted by Gasteiger charge is 2.16. The lowest BCUT2D eigenvalue weighted by atomic mass is 10.1. The molecular formula is C12H18N3OS+. The highest BCUT2D eigenvalue weighted by atomic mass is 32.1. The van der Waals surface area contributed by atoms with E-state index in [0.29, 0.717) is 6.54 Å². The van der Waals surface area contributed by atoms with Crippen LogP contribution in [0.5, 0.6) is 0 Å². The van der Waals surface area contributed by atoms with E-state index in [1.807, 2.05) is 17.5 Å². The van der Waals surface area contributed by atoms with Gasteiger partial charge in [0.05, 0.1) is 19.3 Å². The second-order valence-electron chi connectivity index (χ2n) is 4.30. The van der Waals surface area contributed by atoms with Crippen molar-refractivity contribution in [1.82, 2.24) is 5.43 Å². The van der Waals surface area contributed by atoms with E-state index in [0.717, 1.165) is 18.0 Å². The fraction of sp³-hybridized carbons (Fsp3) is 0.500. The molecule has 4 nitrogen and oxygen atoms in total. The topological polar surface area (TPSA) is 45.9 Å². The lowest BCUT2D eigenvalue weighted by molar-refractivity contribution is -0.896. The standard InChI is InChI=1S/C12H17N3OS/c16-12(10-15-6-2-1-3-7-15)14-13-9-11-5-4-8-17-11/h4-5,8-9H,1-3,6-7,10H2,(H,14,16)/p+1. The Bertz CT molecular complexity index is 369. The monoisotopic (exact) mass is 252 g/mol. The minimum atomic E-state index is 0.00899. The van der Waals surface area contributed by atoms with Crippen LogP contribution in [0.2, 0.25) is 0 Å². The smallest absolute Gasteiger partial charge is 0.295 e. The zero-order valence-corrected chi connectivity index (χ0v) is 10.6. The number of likely N-dealkylation sites (tertiary alicyclic amines) is 1. The van der Waals surface area contributed by atoms with Crippen LogP contribution in [0.15, 0.2) is 22.6 Å². The van der Waals surface area contributed by atoms with E-state index in [4.69, 9.17) is 0 Å². The number of carbonyl (C=O) groups is 1. The number of carbonyl (C=O) groups excluding carboxylic acids is 1. The Labute approximate surface area is 105 Å². The molecular weight excluding hydrogens is 234 g/mol. The number of nitrogens with one attached hydrogen (secondary N) is 2. The quantitative estimate of drug-likeness (QED) is 0.586. The van der Waals surface area contributed by atoms with Crippen molar-refractivity contribution in [3.05, 3.63) is 22.4 Å². The lowest BCUT2D eigenvalue weighted by Crippen LogP contribution is -3.13. The number of quaternary nitrogens is 1. The Morgan fingerprint density at radius 2 is 2.29 bits per heavy atom. The van der Waals surface area contributed by atoms with Gasteiger partial charge in [0.1, 0.15) is 0 Å². The summed E-state index contributed by atoms with van der Waals surface area (Å²) in [5.74, 6) is 0.00899. The van der Waals surface area contributed by atoms with Crippen LogP contribution in [0.1, 0.15) is 24.1 Å². The van der Waals surface area contributed by atoms with E-state index in [2.05, 4.69) is 10.5 Å². The lowest BCUT2D eigenvalue weighted by Gasteiger charge is -2.22. The van der Waals surface area contributed by atoms with Crippen molar-refractivity contribution in [2.24, 2.45) is 5.10 Å². The van der Waals surface area contributed by atoms with Crippen molar-refractivity contribution in [2.75, 3.05) is 19.6 Å². The molecule has 5 heteroatoms. The van der Waals surface area contributed by atoms with Crippen molar-refractivity contribution < 1.29 is 9.69 Å². The average Bonchev–Trinajstić information content (AvgIpc) is 2.83. The molecule has 92 valence electrons. The van der Waals surface area contributed by atoms with Crippen LogP contribution < -0.4 is 10.3 Å². The number of rotatable bonds is 4. The molecule has 1 aromatic rings. The summed E-state index contributed by atoms with van der Waals surface area (Å²) >= 11 is 1.60.